The van der Waals surface area contributed by atoms with Crippen molar-refractivity contribution >= 4 is 16.8 Å². The summed E-state index contributed by atoms with van der Waals surface area (Å²) < 4.78 is 0. The monoisotopic (exact) mass is 330 g/mol. The molecule has 0 spiro atoms. The fourth-order valence-electron chi connectivity index (χ4n) is 3.59. The van der Waals surface area contributed by atoms with Gasteiger partial charge in [0, 0.05) is 30.0 Å². The molecule has 6 heteroatoms. The Morgan fingerprint density at radius 1 is 1.33 bits per heavy atom. The fourth-order valence-corrected chi connectivity index (χ4v) is 3.59. The summed E-state index contributed by atoms with van der Waals surface area (Å²) in [6.07, 6.45) is 3.83. The Hall–Kier alpha value is -1.89. The number of aromatic amines is 1. The number of nitrogens with two attached hydrogens (primary N) is 2. The summed E-state index contributed by atoms with van der Waals surface area (Å²) in [5.41, 5.74) is 14.0. The average molecular weight is 330 g/mol. The van der Waals surface area contributed by atoms with Crippen LogP contribution in [0.3, 0.4) is 0 Å². The van der Waals surface area contributed by atoms with Gasteiger partial charge < -0.3 is 26.9 Å². The lowest BCUT2D eigenvalue weighted by molar-refractivity contribution is 0.0929. The molecule has 1 saturated carbocycles. The smallest absolute Gasteiger partial charge is 0.268 e. The number of carbonyl (C=O) groups excluding carboxylic acids is 1. The van der Waals surface area contributed by atoms with Crippen molar-refractivity contribution in [3.05, 3.63) is 35.5 Å². The van der Waals surface area contributed by atoms with E-state index in [1.807, 2.05) is 18.2 Å². The molecule has 1 amide bonds. The molecule has 1 unspecified atom stereocenters. The standard InChI is InChI=1S/C18H26N4O2/c19-9-15(23)13(20)10-21-18(24)17-16(11-5-1-2-6-11)12-7-3-4-8-14(12)22-17/h3-4,7-8,11,13,15,22-23H,1-2,5-6,9-10,19-20H2,(H,21,24)/t13-,15?/m1/s1. The van der Waals surface area contributed by atoms with Gasteiger partial charge in [0.15, 0.2) is 0 Å². The Balaban J connectivity index is 1.85. The van der Waals surface area contributed by atoms with Crippen LogP contribution >= 0.6 is 0 Å². The summed E-state index contributed by atoms with van der Waals surface area (Å²) in [6, 6.07) is 7.46. The zero-order valence-corrected chi connectivity index (χ0v) is 13.8. The Bertz CT molecular complexity index is 706. The van der Waals surface area contributed by atoms with Crippen molar-refractivity contribution in [2.45, 2.75) is 43.7 Å². The first-order valence-corrected chi connectivity index (χ1v) is 8.64. The first kappa shape index (κ1) is 17.0. The van der Waals surface area contributed by atoms with Crippen LogP contribution < -0.4 is 16.8 Å². The summed E-state index contributed by atoms with van der Waals surface area (Å²) in [5, 5.41) is 13.6. The van der Waals surface area contributed by atoms with Gasteiger partial charge in [-0.05, 0) is 30.4 Å². The van der Waals surface area contributed by atoms with E-state index in [0.29, 0.717) is 11.6 Å². The van der Waals surface area contributed by atoms with Gasteiger partial charge in [-0.15, -0.1) is 0 Å². The number of amides is 1. The molecule has 0 radical (unpaired) electrons. The van der Waals surface area contributed by atoms with Crippen molar-refractivity contribution in [2.24, 2.45) is 11.5 Å². The van der Waals surface area contributed by atoms with Gasteiger partial charge in [0.25, 0.3) is 5.91 Å². The summed E-state index contributed by atoms with van der Waals surface area (Å²) >= 11 is 0. The molecular formula is C18H26N4O2. The molecule has 2 atom stereocenters. The van der Waals surface area contributed by atoms with E-state index in [1.165, 1.54) is 12.8 Å². The van der Waals surface area contributed by atoms with Gasteiger partial charge in [0.2, 0.25) is 0 Å². The number of H-pyrrole nitrogens is 1. The molecule has 1 fully saturated rings. The van der Waals surface area contributed by atoms with Crippen LogP contribution in [0.4, 0.5) is 0 Å². The highest BCUT2D eigenvalue weighted by molar-refractivity contribution is 6.01. The minimum absolute atomic E-state index is 0.0801. The van der Waals surface area contributed by atoms with Crippen molar-refractivity contribution in [3.8, 4) is 0 Å². The van der Waals surface area contributed by atoms with Crippen molar-refractivity contribution < 1.29 is 9.90 Å². The second-order valence-electron chi connectivity index (χ2n) is 6.62. The largest absolute Gasteiger partial charge is 0.390 e. The molecule has 1 heterocycles. The molecule has 3 rings (SSSR count). The van der Waals surface area contributed by atoms with E-state index >= 15 is 0 Å². The van der Waals surface area contributed by atoms with Gasteiger partial charge in [-0.1, -0.05) is 31.0 Å². The molecule has 7 N–H and O–H groups in total. The minimum atomic E-state index is -0.817. The van der Waals surface area contributed by atoms with E-state index in [-0.39, 0.29) is 19.0 Å². The van der Waals surface area contributed by atoms with Crippen molar-refractivity contribution in [3.63, 3.8) is 0 Å². The van der Waals surface area contributed by atoms with Gasteiger partial charge in [-0.2, -0.15) is 0 Å². The zero-order valence-electron chi connectivity index (χ0n) is 13.8. The van der Waals surface area contributed by atoms with Crippen LogP contribution in [0.2, 0.25) is 0 Å². The fraction of sp³-hybridized carbons (Fsp3) is 0.500. The number of benzene rings is 1. The lowest BCUT2D eigenvalue weighted by Gasteiger charge is -2.18. The predicted molar refractivity (Wildman–Crippen MR) is 94.9 cm³/mol. The van der Waals surface area contributed by atoms with Gasteiger partial charge in [0.05, 0.1) is 6.10 Å². The molecule has 1 aromatic carbocycles. The quantitative estimate of drug-likeness (QED) is 0.547. The lowest BCUT2D eigenvalue weighted by Crippen LogP contribution is -2.47. The van der Waals surface area contributed by atoms with Crippen LogP contribution in [0.15, 0.2) is 24.3 Å². The van der Waals surface area contributed by atoms with E-state index in [0.717, 1.165) is 29.3 Å². The van der Waals surface area contributed by atoms with Crippen molar-refractivity contribution in [1.82, 2.24) is 10.3 Å². The van der Waals surface area contributed by atoms with Gasteiger partial charge in [-0.3, -0.25) is 4.79 Å². The number of aliphatic hydroxyl groups excluding tert-OH is 1. The summed E-state index contributed by atoms with van der Waals surface area (Å²) in [6.45, 7) is 0.271. The SMILES string of the molecule is NCC(O)[C@H](N)CNC(=O)c1[nH]c2ccccc2c1C1CCCC1. The van der Waals surface area contributed by atoms with Crippen molar-refractivity contribution in [2.75, 3.05) is 13.1 Å². The second-order valence-corrected chi connectivity index (χ2v) is 6.62. The highest BCUT2D eigenvalue weighted by Crippen LogP contribution is 2.39. The third-order valence-corrected chi connectivity index (χ3v) is 4.97. The predicted octanol–water partition coefficient (Wildman–Crippen LogP) is 1.20. The number of carbonyl (C=O) groups is 1. The van der Waals surface area contributed by atoms with Gasteiger partial charge >= 0.3 is 0 Å². The molecule has 1 aliphatic rings. The van der Waals surface area contributed by atoms with E-state index in [2.05, 4.69) is 16.4 Å². The maximum atomic E-state index is 12.7. The number of hydrogen-bond donors (Lipinski definition) is 5. The van der Waals surface area contributed by atoms with E-state index in [4.69, 9.17) is 11.5 Å². The van der Waals surface area contributed by atoms with Crippen LogP contribution in [-0.2, 0) is 0 Å². The van der Waals surface area contributed by atoms with Crippen LogP contribution in [-0.4, -0.2) is 41.2 Å². The topological polar surface area (TPSA) is 117 Å². The summed E-state index contributed by atoms with van der Waals surface area (Å²) in [7, 11) is 0. The molecule has 130 valence electrons. The molecule has 2 aromatic rings. The molecule has 0 saturated heterocycles. The normalized spacial score (nSPS) is 18.0. The average Bonchev–Trinajstić information content (AvgIpc) is 3.25. The minimum Gasteiger partial charge on any atom is -0.390 e. The first-order valence-electron chi connectivity index (χ1n) is 8.64. The van der Waals surface area contributed by atoms with Crippen LogP contribution in [0.1, 0.15) is 47.7 Å². The third-order valence-electron chi connectivity index (χ3n) is 4.97. The van der Waals surface area contributed by atoms with Gasteiger partial charge in [0.1, 0.15) is 5.69 Å². The number of fused-ring (bicyclic) bond motifs is 1. The van der Waals surface area contributed by atoms with E-state index in [9.17, 15) is 9.90 Å². The number of aromatic nitrogens is 1. The molecule has 0 aliphatic heterocycles. The number of para-hydroxylation sites is 1. The Morgan fingerprint density at radius 2 is 2.04 bits per heavy atom. The Morgan fingerprint density at radius 3 is 2.75 bits per heavy atom. The molecule has 1 aliphatic carbocycles. The van der Waals surface area contributed by atoms with Crippen molar-refractivity contribution in [1.29, 1.82) is 0 Å². The lowest BCUT2D eigenvalue weighted by atomic mass is 9.94. The van der Waals surface area contributed by atoms with E-state index in [1.54, 1.807) is 0 Å². The maximum Gasteiger partial charge on any atom is 0.268 e. The first-order chi connectivity index (χ1) is 11.6. The number of rotatable bonds is 6. The number of hydrogen-bond acceptors (Lipinski definition) is 4. The summed E-state index contributed by atoms with van der Waals surface area (Å²) in [4.78, 5) is 16.0. The number of nitrogens with one attached hydrogen (secondary N) is 2. The highest BCUT2D eigenvalue weighted by atomic mass is 16.3. The molecule has 1 aromatic heterocycles. The summed E-state index contributed by atoms with van der Waals surface area (Å²) in [5.74, 6) is 0.248. The molecule has 24 heavy (non-hydrogen) atoms. The van der Waals surface area contributed by atoms with Crippen LogP contribution in [0.25, 0.3) is 10.9 Å². The van der Waals surface area contributed by atoms with E-state index < -0.39 is 12.1 Å². The Kier molecular flexibility index (Phi) is 5.18. The molecular weight excluding hydrogens is 304 g/mol. The zero-order chi connectivity index (χ0) is 17.1. The second kappa shape index (κ2) is 7.34. The molecule has 6 nitrogen and oxygen atoms in total. The van der Waals surface area contributed by atoms with Crippen LogP contribution in [0.5, 0.6) is 0 Å². The molecule has 0 bridgehead atoms. The van der Waals surface area contributed by atoms with Crippen LogP contribution in [0, 0.1) is 0 Å². The highest BCUT2D eigenvalue weighted by Gasteiger charge is 2.27. The Labute approximate surface area is 141 Å². The number of aliphatic hydroxyl groups is 1. The maximum absolute atomic E-state index is 12.7. The van der Waals surface area contributed by atoms with Gasteiger partial charge in [-0.25, -0.2) is 0 Å². The third kappa shape index (κ3) is 3.31.